The minimum Gasteiger partial charge on any atom is -0.508 e. The number of hydrogen-bond donors (Lipinski definition) is 1. The summed E-state index contributed by atoms with van der Waals surface area (Å²) in [5, 5.41) is 9.38. The van der Waals surface area contributed by atoms with Crippen LogP contribution < -0.4 is 4.74 Å². The number of pyridine rings is 1. The van der Waals surface area contributed by atoms with E-state index in [1.54, 1.807) is 13.0 Å². The third kappa shape index (κ3) is 3.37. The summed E-state index contributed by atoms with van der Waals surface area (Å²) in [5.41, 5.74) is -0.302. The Bertz CT molecular complexity index is 576. The monoisotopic (exact) mass is 269 g/mol. The first-order valence-electron chi connectivity index (χ1n) is 5.37. The van der Waals surface area contributed by atoms with Gasteiger partial charge in [-0.2, -0.15) is 13.2 Å². The molecule has 3 nitrogen and oxygen atoms in total. The second kappa shape index (κ2) is 4.79. The molecule has 0 saturated heterocycles. The molecular formula is C13H10F3NO2. The average Bonchev–Trinajstić information content (AvgIpc) is 2.26. The van der Waals surface area contributed by atoms with Crippen LogP contribution in [0.1, 0.15) is 11.3 Å². The van der Waals surface area contributed by atoms with Crippen molar-refractivity contribution < 1.29 is 23.0 Å². The molecule has 0 atom stereocenters. The number of hydrogen-bond acceptors (Lipinski definition) is 3. The Kier molecular flexibility index (Phi) is 3.33. The highest BCUT2D eigenvalue weighted by atomic mass is 19.4. The molecular weight excluding hydrogens is 259 g/mol. The summed E-state index contributed by atoms with van der Waals surface area (Å²) in [6.45, 7) is 1.73. The smallest absolute Gasteiger partial charge is 0.433 e. The van der Waals surface area contributed by atoms with Crippen molar-refractivity contribution in [2.75, 3.05) is 0 Å². The maximum atomic E-state index is 12.5. The van der Waals surface area contributed by atoms with Crippen molar-refractivity contribution in [3.63, 3.8) is 0 Å². The minimum absolute atomic E-state index is 0.0259. The van der Waals surface area contributed by atoms with Gasteiger partial charge in [-0.3, -0.25) is 0 Å². The highest BCUT2D eigenvalue weighted by Gasteiger charge is 2.32. The summed E-state index contributed by atoms with van der Waals surface area (Å²) < 4.78 is 42.6. The molecule has 1 N–H and O–H groups in total. The zero-order valence-electron chi connectivity index (χ0n) is 9.90. The largest absolute Gasteiger partial charge is 0.508 e. The second-order valence-corrected chi connectivity index (χ2v) is 3.97. The van der Waals surface area contributed by atoms with Gasteiger partial charge in [0.1, 0.15) is 17.2 Å². The van der Waals surface area contributed by atoms with Crippen LogP contribution in [-0.4, -0.2) is 10.1 Å². The lowest BCUT2D eigenvalue weighted by atomic mass is 10.2. The van der Waals surface area contributed by atoms with Gasteiger partial charge in [0.05, 0.1) is 0 Å². The predicted molar refractivity (Wildman–Crippen MR) is 62.2 cm³/mol. The van der Waals surface area contributed by atoms with Gasteiger partial charge in [0.2, 0.25) is 5.88 Å². The highest BCUT2D eigenvalue weighted by Crippen LogP contribution is 2.30. The van der Waals surface area contributed by atoms with Gasteiger partial charge in [0.25, 0.3) is 0 Å². The van der Waals surface area contributed by atoms with Gasteiger partial charge in [-0.1, -0.05) is 6.07 Å². The van der Waals surface area contributed by atoms with Crippen LogP contribution in [0, 0.1) is 6.92 Å². The molecule has 0 radical (unpaired) electrons. The molecule has 1 aromatic heterocycles. The molecule has 2 rings (SSSR count). The number of benzene rings is 1. The van der Waals surface area contributed by atoms with Crippen molar-refractivity contribution in [3.05, 3.63) is 47.7 Å². The van der Waals surface area contributed by atoms with Crippen molar-refractivity contribution in [2.24, 2.45) is 0 Å². The van der Waals surface area contributed by atoms with E-state index < -0.39 is 11.9 Å². The Labute approximate surface area is 107 Å². The van der Waals surface area contributed by atoms with Crippen molar-refractivity contribution in [3.8, 4) is 17.4 Å². The number of aryl methyl sites for hydroxylation is 1. The van der Waals surface area contributed by atoms with Gasteiger partial charge in [0.15, 0.2) is 0 Å². The van der Waals surface area contributed by atoms with Gasteiger partial charge in [-0.25, -0.2) is 4.98 Å². The van der Waals surface area contributed by atoms with E-state index >= 15 is 0 Å². The summed E-state index contributed by atoms with van der Waals surface area (Å²) in [7, 11) is 0. The minimum atomic E-state index is -4.52. The van der Waals surface area contributed by atoms with Gasteiger partial charge < -0.3 is 9.84 Å². The number of phenols is 1. The standard InChI is InChI=1S/C13H10F3NO2/c1-8-5-9(18)7-10(6-8)19-12-4-2-3-11(17-12)13(14,15)16/h2-7,18H,1H3. The lowest BCUT2D eigenvalue weighted by molar-refractivity contribution is -0.141. The van der Waals surface area contributed by atoms with Crippen LogP contribution in [0.5, 0.6) is 17.4 Å². The fourth-order valence-corrected chi connectivity index (χ4v) is 1.54. The van der Waals surface area contributed by atoms with Crippen LogP contribution in [0.3, 0.4) is 0 Å². The number of ether oxygens (including phenoxy) is 1. The average molecular weight is 269 g/mol. The van der Waals surface area contributed by atoms with Gasteiger partial charge in [0, 0.05) is 12.1 Å². The SMILES string of the molecule is Cc1cc(O)cc(Oc2cccc(C(F)(F)F)n2)c1. The summed E-state index contributed by atoms with van der Waals surface area (Å²) in [5.74, 6) is 0.0196. The molecule has 0 amide bonds. The first-order valence-corrected chi connectivity index (χ1v) is 5.37. The van der Waals surface area contributed by atoms with E-state index in [9.17, 15) is 18.3 Å². The van der Waals surface area contributed by atoms with Crippen LogP contribution in [0.4, 0.5) is 13.2 Å². The molecule has 1 heterocycles. The summed E-state index contributed by atoms with van der Waals surface area (Å²) in [6.07, 6.45) is -4.52. The molecule has 0 fully saturated rings. The molecule has 100 valence electrons. The first kappa shape index (κ1) is 13.2. The predicted octanol–water partition coefficient (Wildman–Crippen LogP) is 3.91. The third-order valence-electron chi connectivity index (χ3n) is 2.27. The Hall–Kier alpha value is -2.24. The number of nitrogens with zero attached hydrogens (tertiary/aromatic N) is 1. The number of phenolic OH excluding ortho intramolecular Hbond substituents is 1. The van der Waals surface area contributed by atoms with E-state index in [1.807, 2.05) is 0 Å². The van der Waals surface area contributed by atoms with Gasteiger partial charge >= 0.3 is 6.18 Å². The first-order chi connectivity index (χ1) is 8.84. The van der Waals surface area contributed by atoms with E-state index in [0.717, 1.165) is 11.6 Å². The molecule has 0 aliphatic carbocycles. The van der Waals surface area contributed by atoms with Crippen molar-refractivity contribution >= 4 is 0 Å². The van der Waals surface area contributed by atoms with E-state index in [4.69, 9.17) is 4.74 Å². The quantitative estimate of drug-likeness (QED) is 0.898. The summed E-state index contributed by atoms with van der Waals surface area (Å²) in [6, 6.07) is 7.78. The number of aromatic nitrogens is 1. The fourth-order valence-electron chi connectivity index (χ4n) is 1.54. The van der Waals surface area contributed by atoms with E-state index in [0.29, 0.717) is 0 Å². The molecule has 0 unspecified atom stereocenters. The Morgan fingerprint density at radius 3 is 2.53 bits per heavy atom. The Balaban J connectivity index is 2.28. The van der Waals surface area contributed by atoms with E-state index in [2.05, 4.69) is 4.98 Å². The zero-order valence-corrected chi connectivity index (χ0v) is 9.90. The molecule has 1 aromatic carbocycles. The Morgan fingerprint density at radius 2 is 1.89 bits per heavy atom. The number of rotatable bonds is 2. The molecule has 6 heteroatoms. The van der Waals surface area contributed by atoms with Gasteiger partial charge in [-0.05, 0) is 30.7 Å². The van der Waals surface area contributed by atoms with Crippen LogP contribution in [0.2, 0.25) is 0 Å². The topological polar surface area (TPSA) is 42.4 Å². The maximum absolute atomic E-state index is 12.5. The van der Waals surface area contributed by atoms with E-state index in [1.165, 1.54) is 24.3 Å². The second-order valence-electron chi connectivity index (χ2n) is 3.97. The molecule has 0 saturated carbocycles. The normalized spacial score (nSPS) is 11.4. The molecule has 0 aliphatic heterocycles. The number of halogens is 3. The summed E-state index contributed by atoms with van der Waals surface area (Å²) >= 11 is 0. The fraction of sp³-hybridized carbons (Fsp3) is 0.154. The Morgan fingerprint density at radius 1 is 1.16 bits per heavy atom. The van der Waals surface area contributed by atoms with Crippen LogP contribution >= 0.6 is 0 Å². The van der Waals surface area contributed by atoms with Crippen molar-refractivity contribution in [1.29, 1.82) is 0 Å². The van der Waals surface area contributed by atoms with Crippen LogP contribution in [0.25, 0.3) is 0 Å². The summed E-state index contributed by atoms with van der Waals surface area (Å²) in [4.78, 5) is 3.37. The lowest BCUT2D eigenvalue weighted by Gasteiger charge is -2.09. The molecule has 2 aromatic rings. The van der Waals surface area contributed by atoms with Crippen molar-refractivity contribution in [2.45, 2.75) is 13.1 Å². The lowest BCUT2D eigenvalue weighted by Crippen LogP contribution is -2.07. The molecule has 0 aliphatic rings. The van der Waals surface area contributed by atoms with Crippen LogP contribution in [-0.2, 0) is 6.18 Å². The molecule has 19 heavy (non-hydrogen) atoms. The maximum Gasteiger partial charge on any atom is 0.433 e. The highest BCUT2D eigenvalue weighted by molar-refractivity contribution is 5.38. The molecule has 0 spiro atoms. The molecule has 0 bridgehead atoms. The number of alkyl halides is 3. The zero-order chi connectivity index (χ0) is 14.0. The third-order valence-corrected chi connectivity index (χ3v) is 2.27. The van der Waals surface area contributed by atoms with E-state index in [-0.39, 0.29) is 17.4 Å². The van der Waals surface area contributed by atoms with Crippen LogP contribution in [0.15, 0.2) is 36.4 Å². The van der Waals surface area contributed by atoms with Gasteiger partial charge in [-0.15, -0.1) is 0 Å². The van der Waals surface area contributed by atoms with Crippen molar-refractivity contribution in [1.82, 2.24) is 4.98 Å². The number of aromatic hydroxyl groups is 1.